The summed E-state index contributed by atoms with van der Waals surface area (Å²) in [7, 11) is 1.95. The van der Waals surface area contributed by atoms with Crippen LogP contribution in [0, 0.1) is 10.1 Å². The molecule has 0 bridgehead atoms. The number of non-ortho nitro benzene ring substituents is 1. The van der Waals surface area contributed by atoms with E-state index in [0.29, 0.717) is 5.69 Å². The molecule has 1 unspecified atom stereocenters. The normalized spacial score (nSPS) is 16.4. The predicted octanol–water partition coefficient (Wildman–Crippen LogP) is 3.03. The van der Waals surface area contributed by atoms with Crippen LogP contribution in [-0.2, 0) is 11.2 Å². The molecule has 0 saturated heterocycles. The third kappa shape index (κ3) is 3.22. The molecule has 2 aromatic carbocycles. The van der Waals surface area contributed by atoms with Gasteiger partial charge in [-0.15, -0.1) is 0 Å². The van der Waals surface area contributed by atoms with Crippen LogP contribution in [0.5, 0.6) is 0 Å². The van der Waals surface area contributed by atoms with Gasteiger partial charge in [0, 0.05) is 30.6 Å². The Kier molecular flexibility index (Phi) is 4.46. The van der Waals surface area contributed by atoms with E-state index in [2.05, 4.69) is 11.4 Å². The maximum atomic E-state index is 12.6. The number of hydrogen-bond acceptors (Lipinski definition) is 5. The van der Waals surface area contributed by atoms with Crippen molar-refractivity contribution in [1.82, 2.24) is 0 Å². The quantitative estimate of drug-likeness (QED) is 0.675. The van der Waals surface area contributed by atoms with Gasteiger partial charge in [0.25, 0.3) is 5.69 Å². The number of benzene rings is 2. The SMILES string of the molecule is CN1c2ccccc2CCC1C(=O)CNc1ccc([N+](=O)[O-])cc1. The van der Waals surface area contributed by atoms with Crippen LogP contribution in [0.3, 0.4) is 0 Å². The number of nitro benzene ring substituents is 1. The second-order valence-corrected chi connectivity index (χ2v) is 5.92. The monoisotopic (exact) mass is 325 g/mol. The summed E-state index contributed by atoms with van der Waals surface area (Å²) in [6.45, 7) is 0.203. The molecule has 0 saturated carbocycles. The number of nitro groups is 1. The van der Waals surface area contributed by atoms with Crippen LogP contribution in [0.2, 0.25) is 0 Å². The standard InChI is InChI=1S/C18H19N3O3/c1-20-16-5-3-2-4-13(16)6-11-17(20)18(22)12-19-14-7-9-15(10-8-14)21(23)24/h2-5,7-10,17,19H,6,11-12H2,1H3. The molecule has 1 heterocycles. The molecule has 124 valence electrons. The maximum Gasteiger partial charge on any atom is 0.269 e. The lowest BCUT2D eigenvalue weighted by molar-refractivity contribution is -0.384. The fourth-order valence-electron chi connectivity index (χ4n) is 3.11. The van der Waals surface area contributed by atoms with Gasteiger partial charge in [0.1, 0.15) is 0 Å². The van der Waals surface area contributed by atoms with Crippen molar-refractivity contribution in [3.8, 4) is 0 Å². The summed E-state index contributed by atoms with van der Waals surface area (Å²) in [6.07, 6.45) is 1.70. The number of fused-ring (bicyclic) bond motifs is 1. The van der Waals surface area contributed by atoms with Gasteiger partial charge < -0.3 is 10.2 Å². The molecule has 0 aliphatic carbocycles. The van der Waals surface area contributed by atoms with Crippen molar-refractivity contribution >= 4 is 22.8 Å². The fraction of sp³-hybridized carbons (Fsp3) is 0.278. The topological polar surface area (TPSA) is 75.5 Å². The summed E-state index contributed by atoms with van der Waals surface area (Å²) in [4.78, 5) is 24.8. The number of likely N-dealkylation sites (N-methyl/N-ethyl adjacent to an activating group) is 1. The van der Waals surface area contributed by atoms with Crippen molar-refractivity contribution in [3.63, 3.8) is 0 Å². The van der Waals surface area contributed by atoms with Gasteiger partial charge in [-0.3, -0.25) is 14.9 Å². The molecular formula is C18H19N3O3. The van der Waals surface area contributed by atoms with E-state index in [1.54, 1.807) is 12.1 Å². The smallest absolute Gasteiger partial charge is 0.269 e. The molecule has 0 aromatic heterocycles. The zero-order chi connectivity index (χ0) is 17.1. The van der Waals surface area contributed by atoms with E-state index >= 15 is 0 Å². The Hall–Kier alpha value is -2.89. The van der Waals surface area contributed by atoms with E-state index in [1.165, 1.54) is 17.7 Å². The first-order chi connectivity index (χ1) is 11.6. The summed E-state index contributed by atoms with van der Waals surface area (Å²) in [5.41, 5.74) is 3.12. The maximum absolute atomic E-state index is 12.6. The summed E-state index contributed by atoms with van der Waals surface area (Å²) in [6, 6.07) is 14.1. The highest BCUT2D eigenvalue weighted by Crippen LogP contribution is 2.29. The highest BCUT2D eigenvalue weighted by atomic mass is 16.6. The third-order valence-electron chi connectivity index (χ3n) is 4.44. The van der Waals surface area contributed by atoms with E-state index in [9.17, 15) is 14.9 Å². The van der Waals surface area contributed by atoms with Crippen molar-refractivity contribution in [2.75, 3.05) is 23.8 Å². The molecule has 1 aliphatic heterocycles. The Morgan fingerprint density at radius 2 is 1.96 bits per heavy atom. The molecule has 1 N–H and O–H groups in total. The van der Waals surface area contributed by atoms with Crippen LogP contribution in [-0.4, -0.2) is 30.3 Å². The van der Waals surface area contributed by atoms with Gasteiger partial charge in [0.15, 0.2) is 5.78 Å². The third-order valence-corrected chi connectivity index (χ3v) is 4.44. The molecular weight excluding hydrogens is 306 g/mol. The zero-order valence-electron chi connectivity index (χ0n) is 13.4. The lowest BCUT2D eigenvalue weighted by atomic mass is 9.94. The molecule has 24 heavy (non-hydrogen) atoms. The van der Waals surface area contributed by atoms with Crippen molar-refractivity contribution in [1.29, 1.82) is 0 Å². The first-order valence-electron chi connectivity index (χ1n) is 7.88. The number of carbonyl (C=O) groups is 1. The van der Waals surface area contributed by atoms with Gasteiger partial charge >= 0.3 is 0 Å². The lowest BCUT2D eigenvalue weighted by Crippen LogP contribution is -2.44. The van der Waals surface area contributed by atoms with E-state index in [1.807, 2.05) is 30.1 Å². The van der Waals surface area contributed by atoms with Crippen LogP contribution in [0.25, 0.3) is 0 Å². The molecule has 6 heteroatoms. The highest BCUT2D eigenvalue weighted by molar-refractivity contribution is 5.91. The fourth-order valence-corrected chi connectivity index (χ4v) is 3.11. The molecule has 1 aliphatic rings. The first-order valence-corrected chi connectivity index (χ1v) is 7.88. The number of anilines is 2. The number of hydrogen-bond donors (Lipinski definition) is 1. The number of rotatable bonds is 5. The van der Waals surface area contributed by atoms with Gasteiger partial charge in [-0.25, -0.2) is 0 Å². The van der Waals surface area contributed by atoms with Crippen molar-refractivity contribution in [3.05, 3.63) is 64.2 Å². The molecule has 2 aromatic rings. The van der Waals surface area contributed by atoms with Crippen LogP contribution in [0.4, 0.5) is 17.1 Å². The number of ketones is 1. The zero-order valence-corrected chi connectivity index (χ0v) is 13.4. The summed E-state index contributed by atoms with van der Waals surface area (Å²) in [5.74, 6) is 0.116. The van der Waals surface area contributed by atoms with Crippen LogP contribution < -0.4 is 10.2 Å². The van der Waals surface area contributed by atoms with E-state index in [-0.39, 0.29) is 24.1 Å². The number of nitrogens with zero attached hydrogens (tertiary/aromatic N) is 2. The van der Waals surface area contributed by atoms with E-state index in [4.69, 9.17) is 0 Å². The second-order valence-electron chi connectivity index (χ2n) is 5.92. The Bertz CT molecular complexity index is 758. The molecule has 3 rings (SSSR count). The number of para-hydroxylation sites is 1. The lowest BCUT2D eigenvalue weighted by Gasteiger charge is -2.35. The van der Waals surface area contributed by atoms with Crippen molar-refractivity contribution < 1.29 is 9.72 Å². The van der Waals surface area contributed by atoms with Gasteiger partial charge in [0.05, 0.1) is 17.5 Å². The Morgan fingerprint density at radius 3 is 2.67 bits per heavy atom. The molecule has 6 nitrogen and oxygen atoms in total. The molecule has 0 fully saturated rings. The highest BCUT2D eigenvalue weighted by Gasteiger charge is 2.28. The second kappa shape index (κ2) is 6.70. The number of nitrogens with one attached hydrogen (secondary N) is 1. The van der Waals surface area contributed by atoms with E-state index < -0.39 is 4.92 Å². The largest absolute Gasteiger partial charge is 0.378 e. The average molecular weight is 325 g/mol. The van der Waals surface area contributed by atoms with Gasteiger partial charge in [0.2, 0.25) is 0 Å². The van der Waals surface area contributed by atoms with Gasteiger partial charge in [-0.2, -0.15) is 0 Å². The Labute approximate surface area is 140 Å². The van der Waals surface area contributed by atoms with Crippen molar-refractivity contribution in [2.45, 2.75) is 18.9 Å². The summed E-state index contributed by atoms with van der Waals surface area (Å²) >= 11 is 0. The molecule has 0 amide bonds. The van der Waals surface area contributed by atoms with Crippen LogP contribution in [0.15, 0.2) is 48.5 Å². The van der Waals surface area contributed by atoms with Gasteiger partial charge in [-0.05, 0) is 36.6 Å². The molecule has 1 atom stereocenters. The average Bonchev–Trinajstić information content (AvgIpc) is 2.60. The van der Waals surface area contributed by atoms with Crippen molar-refractivity contribution in [2.24, 2.45) is 0 Å². The van der Waals surface area contributed by atoms with E-state index in [0.717, 1.165) is 18.5 Å². The minimum atomic E-state index is -0.441. The Balaban J connectivity index is 1.62. The predicted molar refractivity (Wildman–Crippen MR) is 93.5 cm³/mol. The first kappa shape index (κ1) is 16.0. The summed E-state index contributed by atoms with van der Waals surface area (Å²) < 4.78 is 0. The minimum Gasteiger partial charge on any atom is -0.378 e. The number of carbonyl (C=O) groups excluding carboxylic acids is 1. The Morgan fingerprint density at radius 1 is 1.25 bits per heavy atom. The molecule has 0 radical (unpaired) electrons. The molecule has 0 spiro atoms. The van der Waals surface area contributed by atoms with Crippen LogP contribution in [0.1, 0.15) is 12.0 Å². The van der Waals surface area contributed by atoms with Gasteiger partial charge in [-0.1, -0.05) is 18.2 Å². The summed E-state index contributed by atoms with van der Waals surface area (Å²) in [5, 5.41) is 13.7. The number of Topliss-reactive ketones (excluding diaryl/α,β-unsaturated/α-hetero) is 1. The minimum absolute atomic E-state index is 0.0375. The number of aryl methyl sites for hydroxylation is 1. The van der Waals surface area contributed by atoms with Crippen LogP contribution >= 0.6 is 0 Å².